The first-order valence-corrected chi connectivity index (χ1v) is 11.6. The van der Waals surface area contributed by atoms with Crippen molar-refractivity contribution < 1.29 is 22.8 Å². The van der Waals surface area contributed by atoms with E-state index in [-0.39, 0.29) is 29.3 Å². The second-order valence-corrected chi connectivity index (χ2v) is 8.65. The highest BCUT2D eigenvalue weighted by Gasteiger charge is 2.30. The lowest BCUT2D eigenvalue weighted by atomic mass is 10.1. The van der Waals surface area contributed by atoms with Crippen LogP contribution in [0, 0.1) is 0 Å². The van der Waals surface area contributed by atoms with Gasteiger partial charge in [-0.05, 0) is 17.7 Å². The summed E-state index contributed by atoms with van der Waals surface area (Å²) in [6, 6.07) is 6.45. The number of carbonyl (C=O) groups is 2. The molecule has 1 fully saturated rings. The predicted octanol–water partition coefficient (Wildman–Crippen LogP) is 3.62. The summed E-state index contributed by atoms with van der Waals surface area (Å²) in [6.07, 6.45) is -3.97. The van der Waals surface area contributed by atoms with Crippen LogP contribution in [0.1, 0.15) is 24.5 Å². The van der Waals surface area contributed by atoms with E-state index in [1.54, 1.807) is 6.07 Å². The van der Waals surface area contributed by atoms with E-state index in [0.29, 0.717) is 49.1 Å². The minimum absolute atomic E-state index is 0.0163. The van der Waals surface area contributed by atoms with E-state index >= 15 is 0 Å². The fourth-order valence-corrected chi connectivity index (χ4v) is 4.17. The van der Waals surface area contributed by atoms with Gasteiger partial charge in [0.05, 0.1) is 11.3 Å². The van der Waals surface area contributed by atoms with E-state index < -0.39 is 11.7 Å². The SMILES string of the molecule is CCC(=O)N1CCN(c2cc(Cl)nc(SCC(=O)NCc3cccc(C(F)(F)F)c3)n2)CC1. The Labute approximate surface area is 198 Å². The number of alkyl halides is 3. The van der Waals surface area contributed by atoms with Gasteiger partial charge in [-0.15, -0.1) is 0 Å². The Morgan fingerprint density at radius 3 is 2.55 bits per heavy atom. The fraction of sp³-hybridized carbons (Fsp3) is 0.429. The van der Waals surface area contributed by atoms with Crippen molar-refractivity contribution in [1.29, 1.82) is 0 Å². The number of anilines is 1. The van der Waals surface area contributed by atoms with Crippen molar-refractivity contribution in [3.63, 3.8) is 0 Å². The first-order chi connectivity index (χ1) is 15.7. The molecule has 178 valence electrons. The van der Waals surface area contributed by atoms with Gasteiger partial charge in [0.1, 0.15) is 11.0 Å². The van der Waals surface area contributed by atoms with E-state index in [4.69, 9.17) is 11.6 Å². The van der Waals surface area contributed by atoms with Crippen molar-refractivity contribution in [2.24, 2.45) is 0 Å². The quantitative estimate of drug-likeness (QED) is 0.355. The third kappa shape index (κ3) is 7.23. The van der Waals surface area contributed by atoms with E-state index in [2.05, 4.69) is 15.3 Å². The van der Waals surface area contributed by atoms with Crippen LogP contribution in [0.2, 0.25) is 5.15 Å². The first-order valence-electron chi connectivity index (χ1n) is 10.3. The molecule has 0 bridgehead atoms. The lowest BCUT2D eigenvalue weighted by Crippen LogP contribution is -2.48. The Morgan fingerprint density at radius 2 is 1.88 bits per heavy atom. The molecule has 0 saturated carbocycles. The van der Waals surface area contributed by atoms with Crippen LogP contribution in [0.25, 0.3) is 0 Å². The van der Waals surface area contributed by atoms with Crippen molar-refractivity contribution >= 4 is 41.0 Å². The van der Waals surface area contributed by atoms with Gasteiger partial charge in [0, 0.05) is 45.2 Å². The van der Waals surface area contributed by atoms with Gasteiger partial charge in [-0.25, -0.2) is 9.97 Å². The molecule has 0 unspecified atom stereocenters. The topological polar surface area (TPSA) is 78.4 Å². The van der Waals surface area contributed by atoms with Crippen LogP contribution in [0.15, 0.2) is 35.5 Å². The molecule has 0 atom stereocenters. The van der Waals surface area contributed by atoms with E-state index in [9.17, 15) is 22.8 Å². The highest BCUT2D eigenvalue weighted by Crippen LogP contribution is 2.29. The maximum atomic E-state index is 12.8. The molecule has 1 N–H and O–H groups in total. The Balaban J connectivity index is 1.53. The second-order valence-electron chi connectivity index (χ2n) is 7.32. The highest BCUT2D eigenvalue weighted by molar-refractivity contribution is 7.99. The molecular formula is C21H23ClF3N5O2S. The third-order valence-corrected chi connectivity index (χ3v) is 6.04. The van der Waals surface area contributed by atoms with Crippen molar-refractivity contribution in [2.45, 2.75) is 31.2 Å². The van der Waals surface area contributed by atoms with Crippen LogP contribution < -0.4 is 10.2 Å². The highest BCUT2D eigenvalue weighted by atomic mass is 35.5. The fourth-order valence-electron chi connectivity index (χ4n) is 3.26. The average Bonchev–Trinajstić information content (AvgIpc) is 2.80. The maximum absolute atomic E-state index is 12.8. The van der Waals surface area contributed by atoms with Crippen molar-refractivity contribution in [2.75, 3.05) is 36.8 Å². The summed E-state index contributed by atoms with van der Waals surface area (Å²) in [7, 11) is 0. The average molecular weight is 502 g/mol. The van der Waals surface area contributed by atoms with Crippen LogP contribution in [0.4, 0.5) is 19.0 Å². The van der Waals surface area contributed by atoms with Gasteiger partial charge in [-0.3, -0.25) is 9.59 Å². The summed E-state index contributed by atoms with van der Waals surface area (Å²) in [6.45, 7) is 4.22. The zero-order chi connectivity index (χ0) is 24.0. The number of halogens is 4. The van der Waals surface area contributed by atoms with Gasteiger partial charge < -0.3 is 15.1 Å². The molecule has 3 rings (SSSR count). The minimum atomic E-state index is -4.43. The molecule has 12 heteroatoms. The number of nitrogens with one attached hydrogen (secondary N) is 1. The Hall–Kier alpha value is -2.53. The lowest BCUT2D eigenvalue weighted by molar-refractivity contribution is -0.137. The molecule has 1 aromatic heterocycles. The molecule has 0 radical (unpaired) electrons. The molecular weight excluding hydrogens is 479 g/mol. The van der Waals surface area contributed by atoms with Gasteiger partial charge in [0.25, 0.3) is 0 Å². The number of benzene rings is 1. The minimum Gasteiger partial charge on any atom is -0.353 e. The second kappa shape index (κ2) is 11.1. The summed E-state index contributed by atoms with van der Waals surface area (Å²) in [5, 5.41) is 3.15. The first kappa shape index (κ1) is 25.1. The standard InChI is InChI=1S/C21H23ClF3N5O2S/c1-2-19(32)30-8-6-29(7-9-30)17-11-16(22)27-20(28-17)33-13-18(31)26-12-14-4-3-5-15(10-14)21(23,24)25/h3-5,10-11H,2,6-9,12-13H2,1H3,(H,26,31). The smallest absolute Gasteiger partial charge is 0.353 e. The molecule has 1 aliphatic rings. The summed E-state index contributed by atoms with van der Waals surface area (Å²) in [4.78, 5) is 36.4. The zero-order valence-corrected chi connectivity index (χ0v) is 19.4. The van der Waals surface area contributed by atoms with Crippen molar-refractivity contribution in [1.82, 2.24) is 20.2 Å². The molecule has 7 nitrogen and oxygen atoms in total. The summed E-state index contributed by atoms with van der Waals surface area (Å²) in [5.41, 5.74) is -0.409. The Kier molecular flexibility index (Phi) is 8.41. The molecule has 2 aromatic rings. The summed E-state index contributed by atoms with van der Waals surface area (Å²) < 4.78 is 38.4. The van der Waals surface area contributed by atoms with Gasteiger partial charge in [-0.1, -0.05) is 42.4 Å². The molecule has 1 saturated heterocycles. The maximum Gasteiger partial charge on any atom is 0.416 e. The van der Waals surface area contributed by atoms with E-state index in [0.717, 1.165) is 23.9 Å². The molecule has 2 amide bonds. The number of aromatic nitrogens is 2. The van der Waals surface area contributed by atoms with Crippen LogP contribution >= 0.6 is 23.4 Å². The van der Waals surface area contributed by atoms with Gasteiger partial charge in [0.2, 0.25) is 11.8 Å². The number of nitrogens with zero attached hydrogens (tertiary/aromatic N) is 4. The number of rotatable bonds is 7. The van der Waals surface area contributed by atoms with Crippen LogP contribution in [0.5, 0.6) is 0 Å². The Morgan fingerprint density at radius 1 is 1.15 bits per heavy atom. The predicted molar refractivity (Wildman–Crippen MR) is 120 cm³/mol. The zero-order valence-electron chi connectivity index (χ0n) is 17.9. The number of hydrogen-bond acceptors (Lipinski definition) is 6. The van der Waals surface area contributed by atoms with Crippen molar-refractivity contribution in [3.05, 3.63) is 46.6 Å². The monoisotopic (exact) mass is 501 g/mol. The number of piperazine rings is 1. The van der Waals surface area contributed by atoms with E-state index in [1.165, 1.54) is 12.1 Å². The molecule has 33 heavy (non-hydrogen) atoms. The van der Waals surface area contributed by atoms with Gasteiger partial charge in [-0.2, -0.15) is 13.2 Å². The summed E-state index contributed by atoms with van der Waals surface area (Å²) in [5.74, 6) is 0.347. The lowest BCUT2D eigenvalue weighted by Gasteiger charge is -2.35. The van der Waals surface area contributed by atoms with E-state index in [1.807, 2.05) is 16.7 Å². The van der Waals surface area contributed by atoms with Gasteiger partial charge in [0.15, 0.2) is 5.16 Å². The van der Waals surface area contributed by atoms with Crippen LogP contribution in [-0.2, 0) is 22.3 Å². The molecule has 0 spiro atoms. The molecule has 1 aliphatic heterocycles. The normalized spacial score (nSPS) is 14.3. The van der Waals surface area contributed by atoms with Crippen LogP contribution in [0.3, 0.4) is 0 Å². The van der Waals surface area contributed by atoms with Gasteiger partial charge >= 0.3 is 6.18 Å². The number of amides is 2. The number of hydrogen-bond donors (Lipinski definition) is 1. The number of carbonyl (C=O) groups excluding carboxylic acids is 2. The van der Waals surface area contributed by atoms with Crippen molar-refractivity contribution in [3.8, 4) is 0 Å². The number of thioether (sulfide) groups is 1. The Bertz CT molecular complexity index is 1000. The third-order valence-electron chi connectivity index (χ3n) is 5.00. The molecule has 0 aliphatic carbocycles. The molecule has 1 aromatic carbocycles. The van der Waals surface area contributed by atoms with Crippen LogP contribution in [-0.4, -0.2) is 58.6 Å². The largest absolute Gasteiger partial charge is 0.416 e. The molecule has 2 heterocycles. The summed E-state index contributed by atoms with van der Waals surface area (Å²) >= 11 is 7.21.